The molecule has 0 amide bonds. The predicted octanol–water partition coefficient (Wildman–Crippen LogP) is 1.43. The molecule has 0 aliphatic carbocycles. The molecule has 16 heavy (non-hydrogen) atoms. The molecule has 88 valence electrons. The van der Waals surface area contributed by atoms with Crippen LogP contribution in [0.25, 0.3) is 0 Å². The van der Waals surface area contributed by atoms with E-state index in [0.717, 1.165) is 30.8 Å². The number of hydrogen-bond acceptors (Lipinski definition) is 3. The van der Waals surface area contributed by atoms with Crippen molar-refractivity contribution in [2.24, 2.45) is 5.92 Å². The van der Waals surface area contributed by atoms with Gasteiger partial charge in [-0.15, -0.1) is 0 Å². The summed E-state index contributed by atoms with van der Waals surface area (Å²) in [5.74, 6) is 0.307. The van der Waals surface area contributed by atoms with Gasteiger partial charge in [0.15, 0.2) is 0 Å². The number of hydrogen-bond donors (Lipinski definition) is 2. The summed E-state index contributed by atoms with van der Waals surface area (Å²) in [5, 5.41) is 10.6. The van der Waals surface area contributed by atoms with Gasteiger partial charge in [0.2, 0.25) is 0 Å². The second-order valence-corrected chi connectivity index (χ2v) is 5.02. The molecule has 3 nitrogen and oxygen atoms in total. The van der Waals surface area contributed by atoms with Crippen LogP contribution in [0.3, 0.4) is 0 Å². The first kappa shape index (κ1) is 11.4. The van der Waals surface area contributed by atoms with E-state index >= 15 is 0 Å². The van der Waals surface area contributed by atoms with E-state index in [2.05, 4.69) is 11.9 Å². The second kappa shape index (κ2) is 4.07. The minimum Gasteiger partial charge on any atom is -0.399 e. The third kappa shape index (κ3) is 2.06. The zero-order valence-electron chi connectivity index (χ0n) is 9.98. The Bertz CT molecular complexity index is 359. The van der Waals surface area contributed by atoms with Crippen molar-refractivity contribution in [3.63, 3.8) is 0 Å². The van der Waals surface area contributed by atoms with Crippen molar-refractivity contribution >= 4 is 5.69 Å². The van der Waals surface area contributed by atoms with Gasteiger partial charge >= 0.3 is 0 Å². The maximum absolute atomic E-state index is 10.6. The van der Waals surface area contributed by atoms with Gasteiger partial charge in [0.05, 0.1) is 5.60 Å². The number of nitrogens with two attached hydrogens (primary N) is 1. The minimum absolute atomic E-state index is 0.307. The number of anilines is 1. The fourth-order valence-electron chi connectivity index (χ4n) is 2.45. The molecule has 0 aromatic heterocycles. The van der Waals surface area contributed by atoms with Gasteiger partial charge in [-0.1, -0.05) is 12.1 Å². The van der Waals surface area contributed by atoms with Crippen LogP contribution in [-0.4, -0.2) is 30.1 Å². The van der Waals surface area contributed by atoms with Crippen molar-refractivity contribution in [1.82, 2.24) is 4.90 Å². The number of likely N-dealkylation sites (tertiary alicyclic amines) is 1. The molecule has 3 heteroatoms. The van der Waals surface area contributed by atoms with Crippen LogP contribution in [0, 0.1) is 5.92 Å². The first-order valence-electron chi connectivity index (χ1n) is 5.77. The Morgan fingerprint density at radius 3 is 2.50 bits per heavy atom. The largest absolute Gasteiger partial charge is 0.399 e. The number of benzene rings is 1. The van der Waals surface area contributed by atoms with Gasteiger partial charge < -0.3 is 15.7 Å². The molecule has 1 aromatic carbocycles. The summed E-state index contributed by atoms with van der Waals surface area (Å²) in [5.41, 5.74) is 6.60. The summed E-state index contributed by atoms with van der Waals surface area (Å²) < 4.78 is 0. The number of rotatable bonds is 2. The fourth-order valence-corrected chi connectivity index (χ4v) is 2.45. The summed E-state index contributed by atoms with van der Waals surface area (Å²) in [4.78, 5) is 2.26. The van der Waals surface area contributed by atoms with Crippen molar-refractivity contribution in [3.8, 4) is 0 Å². The average molecular weight is 220 g/mol. The van der Waals surface area contributed by atoms with E-state index < -0.39 is 5.60 Å². The van der Waals surface area contributed by atoms with E-state index in [4.69, 9.17) is 5.73 Å². The first-order chi connectivity index (χ1) is 7.50. The quantitative estimate of drug-likeness (QED) is 0.741. The lowest BCUT2D eigenvalue weighted by molar-refractivity contribution is -0.00118. The summed E-state index contributed by atoms with van der Waals surface area (Å²) >= 11 is 0. The van der Waals surface area contributed by atoms with Crippen LogP contribution < -0.4 is 5.73 Å². The Hall–Kier alpha value is -1.06. The minimum atomic E-state index is -0.752. The van der Waals surface area contributed by atoms with Crippen molar-refractivity contribution < 1.29 is 5.11 Å². The monoisotopic (exact) mass is 220 g/mol. The fraction of sp³-hybridized carbons (Fsp3) is 0.538. The Morgan fingerprint density at radius 2 is 2.00 bits per heavy atom. The van der Waals surface area contributed by atoms with Crippen LogP contribution in [0.2, 0.25) is 0 Å². The molecule has 2 rings (SSSR count). The molecule has 0 saturated carbocycles. The lowest BCUT2D eigenvalue weighted by atomic mass is 9.82. The second-order valence-electron chi connectivity index (χ2n) is 5.02. The molecule has 0 spiro atoms. The van der Waals surface area contributed by atoms with E-state index in [-0.39, 0.29) is 0 Å². The van der Waals surface area contributed by atoms with Gasteiger partial charge in [0.25, 0.3) is 0 Å². The average Bonchev–Trinajstić information content (AvgIpc) is 2.66. The molecule has 1 aliphatic heterocycles. The van der Waals surface area contributed by atoms with Crippen LogP contribution in [0.5, 0.6) is 0 Å². The molecule has 1 saturated heterocycles. The predicted molar refractivity (Wildman–Crippen MR) is 66.0 cm³/mol. The zero-order chi connectivity index (χ0) is 11.8. The third-order valence-corrected chi connectivity index (χ3v) is 3.68. The van der Waals surface area contributed by atoms with Crippen LogP contribution in [0.1, 0.15) is 18.9 Å². The Balaban J connectivity index is 2.21. The summed E-state index contributed by atoms with van der Waals surface area (Å²) in [6.45, 7) is 3.93. The highest BCUT2D eigenvalue weighted by molar-refractivity contribution is 5.41. The van der Waals surface area contributed by atoms with Gasteiger partial charge in [-0.05, 0) is 44.6 Å². The van der Waals surface area contributed by atoms with Gasteiger partial charge in [-0.3, -0.25) is 0 Å². The Morgan fingerprint density at radius 1 is 1.38 bits per heavy atom. The van der Waals surface area contributed by atoms with Crippen LogP contribution >= 0.6 is 0 Å². The molecule has 1 aliphatic rings. The highest BCUT2D eigenvalue weighted by atomic mass is 16.3. The lowest BCUT2D eigenvalue weighted by Gasteiger charge is -2.30. The number of aliphatic hydroxyl groups is 1. The molecule has 1 fully saturated rings. The van der Waals surface area contributed by atoms with Gasteiger partial charge in [-0.25, -0.2) is 0 Å². The molecule has 1 heterocycles. The van der Waals surface area contributed by atoms with E-state index in [1.165, 1.54) is 0 Å². The summed E-state index contributed by atoms with van der Waals surface area (Å²) in [6.07, 6.45) is 1.05. The SMILES string of the molecule is CN1CCC(C(C)(O)c2ccc(N)cc2)C1. The van der Waals surface area contributed by atoms with E-state index in [1.54, 1.807) is 0 Å². The van der Waals surface area contributed by atoms with Gasteiger partial charge in [-0.2, -0.15) is 0 Å². The summed E-state index contributed by atoms with van der Waals surface area (Å²) in [6, 6.07) is 7.55. The molecule has 2 atom stereocenters. The maximum atomic E-state index is 10.6. The highest BCUT2D eigenvalue weighted by Gasteiger charge is 2.37. The smallest absolute Gasteiger partial charge is 0.0909 e. The third-order valence-electron chi connectivity index (χ3n) is 3.68. The van der Waals surface area contributed by atoms with Crippen molar-refractivity contribution in [2.45, 2.75) is 18.9 Å². The van der Waals surface area contributed by atoms with Gasteiger partial charge in [0, 0.05) is 18.2 Å². The zero-order valence-corrected chi connectivity index (χ0v) is 9.98. The topological polar surface area (TPSA) is 49.5 Å². The Labute approximate surface area is 96.9 Å². The normalized spacial score (nSPS) is 25.6. The molecular formula is C13H20N2O. The highest BCUT2D eigenvalue weighted by Crippen LogP contribution is 2.35. The molecule has 0 radical (unpaired) electrons. The standard InChI is InChI=1S/C13H20N2O/c1-13(16,11-7-8-15(2)9-11)10-3-5-12(14)6-4-10/h3-6,11,16H,7-9,14H2,1-2H3. The van der Waals surface area contributed by atoms with Crippen LogP contribution in [-0.2, 0) is 5.60 Å². The number of nitrogen functional groups attached to an aromatic ring is 1. The first-order valence-corrected chi connectivity index (χ1v) is 5.77. The lowest BCUT2D eigenvalue weighted by Crippen LogP contribution is -2.33. The molecule has 2 unspecified atom stereocenters. The van der Waals surface area contributed by atoms with Crippen LogP contribution in [0.15, 0.2) is 24.3 Å². The number of nitrogens with zero attached hydrogens (tertiary/aromatic N) is 1. The van der Waals surface area contributed by atoms with Crippen LogP contribution in [0.4, 0.5) is 5.69 Å². The van der Waals surface area contributed by atoms with Gasteiger partial charge in [0.1, 0.15) is 0 Å². The van der Waals surface area contributed by atoms with E-state index in [0.29, 0.717) is 5.92 Å². The summed E-state index contributed by atoms with van der Waals surface area (Å²) in [7, 11) is 2.10. The van der Waals surface area contributed by atoms with Crippen molar-refractivity contribution in [2.75, 3.05) is 25.9 Å². The molecular weight excluding hydrogens is 200 g/mol. The van der Waals surface area contributed by atoms with Crippen molar-refractivity contribution in [3.05, 3.63) is 29.8 Å². The van der Waals surface area contributed by atoms with Crippen molar-refractivity contribution in [1.29, 1.82) is 0 Å². The van der Waals surface area contributed by atoms with E-state index in [1.807, 2.05) is 31.2 Å². The Kier molecular flexibility index (Phi) is 2.91. The molecule has 3 N–H and O–H groups in total. The molecule has 0 bridgehead atoms. The maximum Gasteiger partial charge on any atom is 0.0909 e. The molecule has 1 aromatic rings. The van der Waals surface area contributed by atoms with E-state index in [9.17, 15) is 5.11 Å².